The molecule has 0 saturated carbocycles. The van der Waals surface area contributed by atoms with Crippen molar-refractivity contribution in [1.82, 2.24) is 5.32 Å². The molecular formula is C17H19NO6S. The summed E-state index contributed by atoms with van der Waals surface area (Å²) >= 11 is 1.76. The summed E-state index contributed by atoms with van der Waals surface area (Å²) in [4.78, 5) is 19.5. The van der Waals surface area contributed by atoms with Crippen LogP contribution in [0.3, 0.4) is 0 Å². The van der Waals surface area contributed by atoms with Gasteiger partial charge in [0.05, 0.1) is 0 Å². The monoisotopic (exact) mass is 365 g/mol. The third kappa shape index (κ3) is 6.09. The Balaban J connectivity index is 0.000000326. The van der Waals surface area contributed by atoms with Crippen molar-refractivity contribution in [1.29, 1.82) is 0 Å². The maximum absolute atomic E-state index is 9.48. The topological polar surface area (TPSA) is 116 Å². The highest BCUT2D eigenvalue weighted by Crippen LogP contribution is 2.30. The van der Waals surface area contributed by atoms with Gasteiger partial charge in [-0.05, 0) is 35.9 Å². The number of rotatable bonds is 4. The third-order valence-electron chi connectivity index (χ3n) is 3.51. The third-order valence-corrected chi connectivity index (χ3v) is 4.39. The summed E-state index contributed by atoms with van der Waals surface area (Å²) < 4.78 is 5.91. The summed E-state index contributed by atoms with van der Waals surface area (Å²) in [5.41, 5.74) is 1.19. The number of aromatic hydroxyl groups is 1. The molecule has 2 heterocycles. The number of carboxylic acids is 2. The van der Waals surface area contributed by atoms with Crippen LogP contribution >= 0.6 is 11.3 Å². The molecule has 8 heteroatoms. The normalized spacial score (nSPS) is 15.3. The van der Waals surface area contributed by atoms with Gasteiger partial charge in [-0.25, -0.2) is 9.59 Å². The Morgan fingerprint density at radius 1 is 1.24 bits per heavy atom. The van der Waals surface area contributed by atoms with Crippen LogP contribution in [0, 0.1) is 0 Å². The zero-order chi connectivity index (χ0) is 18.2. The molecule has 1 aliphatic rings. The van der Waals surface area contributed by atoms with Crippen LogP contribution in [0.25, 0.3) is 0 Å². The largest absolute Gasteiger partial charge is 0.508 e. The van der Waals surface area contributed by atoms with Gasteiger partial charge in [0.15, 0.2) is 0 Å². The quantitative estimate of drug-likeness (QED) is 0.613. The lowest BCUT2D eigenvalue weighted by Gasteiger charge is -2.26. The van der Waals surface area contributed by atoms with Crippen molar-refractivity contribution in [2.75, 3.05) is 6.54 Å². The molecule has 1 atom stereocenters. The smallest absolute Gasteiger partial charge is 0.414 e. The fraction of sp³-hybridized carbons (Fsp3) is 0.294. The van der Waals surface area contributed by atoms with Gasteiger partial charge in [-0.15, -0.1) is 11.3 Å². The number of hydrogen-bond acceptors (Lipinski definition) is 6. The molecule has 0 amide bonds. The van der Waals surface area contributed by atoms with E-state index in [4.69, 9.17) is 24.5 Å². The van der Waals surface area contributed by atoms with Crippen LogP contribution in [0.5, 0.6) is 11.5 Å². The van der Waals surface area contributed by atoms with Crippen molar-refractivity contribution in [3.8, 4) is 11.5 Å². The molecule has 0 bridgehead atoms. The lowest BCUT2D eigenvalue weighted by molar-refractivity contribution is -0.159. The Morgan fingerprint density at radius 2 is 2.00 bits per heavy atom. The van der Waals surface area contributed by atoms with E-state index in [1.54, 1.807) is 23.5 Å². The zero-order valence-electron chi connectivity index (χ0n) is 13.3. The molecule has 4 N–H and O–H groups in total. The van der Waals surface area contributed by atoms with E-state index in [0.717, 1.165) is 31.7 Å². The van der Waals surface area contributed by atoms with E-state index in [9.17, 15) is 5.11 Å². The average Bonchev–Trinajstić information content (AvgIpc) is 3.08. The number of aryl methyl sites for hydroxylation is 1. The maximum Gasteiger partial charge on any atom is 0.414 e. The predicted molar refractivity (Wildman–Crippen MR) is 92.1 cm³/mol. The number of carboxylic acid groups (broad SMARTS) is 2. The summed E-state index contributed by atoms with van der Waals surface area (Å²) in [6.07, 6.45) is 2.23. The number of carbonyl (C=O) groups is 2. The van der Waals surface area contributed by atoms with Crippen molar-refractivity contribution >= 4 is 23.3 Å². The molecule has 1 unspecified atom stereocenters. The molecular weight excluding hydrogens is 346 g/mol. The molecule has 2 aromatic rings. The second kappa shape index (κ2) is 9.05. The van der Waals surface area contributed by atoms with Crippen molar-refractivity contribution in [2.45, 2.75) is 25.5 Å². The minimum Gasteiger partial charge on any atom is -0.508 e. The average molecular weight is 365 g/mol. The second-order valence-corrected chi connectivity index (χ2v) is 6.42. The highest BCUT2D eigenvalue weighted by molar-refractivity contribution is 7.09. The summed E-state index contributed by atoms with van der Waals surface area (Å²) in [5.74, 6) is -2.55. The van der Waals surface area contributed by atoms with Crippen LogP contribution in [0.4, 0.5) is 0 Å². The van der Waals surface area contributed by atoms with E-state index in [0.29, 0.717) is 0 Å². The molecule has 1 aliphatic heterocycles. The van der Waals surface area contributed by atoms with E-state index in [1.807, 2.05) is 6.07 Å². The van der Waals surface area contributed by atoms with Gasteiger partial charge >= 0.3 is 11.9 Å². The molecule has 25 heavy (non-hydrogen) atoms. The van der Waals surface area contributed by atoms with E-state index in [-0.39, 0.29) is 11.9 Å². The molecule has 0 saturated heterocycles. The van der Waals surface area contributed by atoms with Gasteiger partial charge in [0.25, 0.3) is 0 Å². The molecule has 1 aromatic heterocycles. The van der Waals surface area contributed by atoms with E-state index >= 15 is 0 Å². The molecule has 0 fully saturated rings. The van der Waals surface area contributed by atoms with Gasteiger partial charge in [-0.1, -0.05) is 12.1 Å². The summed E-state index contributed by atoms with van der Waals surface area (Å²) in [7, 11) is 0. The van der Waals surface area contributed by atoms with Crippen LogP contribution in [-0.4, -0.2) is 39.9 Å². The summed E-state index contributed by atoms with van der Waals surface area (Å²) in [5, 5.41) is 29.8. The van der Waals surface area contributed by atoms with Gasteiger partial charge in [0, 0.05) is 24.0 Å². The molecule has 0 aliphatic carbocycles. The van der Waals surface area contributed by atoms with Crippen molar-refractivity contribution in [3.63, 3.8) is 0 Å². The summed E-state index contributed by atoms with van der Waals surface area (Å²) in [6.45, 7) is 1.73. The molecule has 7 nitrogen and oxygen atoms in total. The first-order chi connectivity index (χ1) is 12.0. The number of benzene rings is 1. The predicted octanol–water partition coefficient (Wildman–Crippen LogP) is 2.09. The first-order valence-electron chi connectivity index (χ1n) is 7.63. The van der Waals surface area contributed by atoms with Crippen molar-refractivity contribution in [3.05, 3.63) is 46.2 Å². The number of ether oxygens (including phenoxy) is 1. The molecule has 1 aromatic carbocycles. The first kappa shape index (κ1) is 18.8. The van der Waals surface area contributed by atoms with Crippen molar-refractivity contribution in [2.24, 2.45) is 0 Å². The molecule has 134 valence electrons. The van der Waals surface area contributed by atoms with Gasteiger partial charge < -0.3 is 25.4 Å². The number of fused-ring (bicyclic) bond motifs is 1. The van der Waals surface area contributed by atoms with Crippen molar-refractivity contribution < 1.29 is 29.6 Å². The Morgan fingerprint density at radius 3 is 2.64 bits per heavy atom. The fourth-order valence-electron chi connectivity index (χ4n) is 2.33. The second-order valence-electron chi connectivity index (χ2n) is 5.39. The van der Waals surface area contributed by atoms with Crippen LogP contribution in [-0.2, 0) is 22.6 Å². The van der Waals surface area contributed by atoms with Gasteiger partial charge in [0.1, 0.15) is 17.6 Å². The van der Waals surface area contributed by atoms with Crippen LogP contribution in [0.15, 0.2) is 35.7 Å². The number of phenolic OH excluding ortho intramolecular Hbond substituents is 1. The van der Waals surface area contributed by atoms with E-state index in [2.05, 4.69) is 22.8 Å². The lowest BCUT2D eigenvalue weighted by Crippen LogP contribution is -2.33. The molecule has 0 spiro atoms. The minimum absolute atomic E-state index is 0.189. The number of hydrogen-bond donors (Lipinski definition) is 4. The first-order valence-corrected chi connectivity index (χ1v) is 8.51. The lowest BCUT2D eigenvalue weighted by atomic mass is 10.0. The van der Waals surface area contributed by atoms with Crippen LogP contribution in [0.2, 0.25) is 0 Å². The SMILES string of the molecule is O=C(O)C(=O)O.Oc1ccc2c(c1)OC(CNCc1cccs1)CC2. The van der Waals surface area contributed by atoms with Gasteiger partial charge in [-0.3, -0.25) is 0 Å². The number of phenols is 1. The zero-order valence-corrected chi connectivity index (χ0v) is 14.2. The molecule has 0 radical (unpaired) electrons. The Kier molecular flexibility index (Phi) is 6.79. The van der Waals surface area contributed by atoms with Crippen LogP contribution < -0.4 is 10.1 Å². The van der Waals surface area contributed by atoms with Gasteiger partial charge in [-0.2, -0.15) is 0 Å². The van der Waals surface area contributed by atoms with Gasteiger partial charge in [0.2, 0.25) is 0 Å². The Bertz CT molecular complexity index is 704. The highest BCUT2D eigenvalue weighted by Gasteiger charge is 2.19. The van der Waals surface area contributed by atoms with E-state index in [1.165, 1.54) is 10.4 Å². The Hall–Kier alpha value is -2.58. The fourth-order valence-corrected chi connectivity index (χ4v) is 3.00. The minimum atomic E-state index is -1.82. The standard InChI is InChI=1S/C15H17NO2S.C2H2O4/c17-12-5-3-11-4-6-13(18-15(11)8-12)9-16-10-14-2-1-7-19-14;3-1(4)2(5)6/h1-3,5,7-8,13,16-17H,4,6,9-10H2;(H,3,4)(H,5,6). The maximum atomic E-state index is 9.48. The summed E-state index contributed by atoms with van der Waals surface area (Å²) in [6, 6.07) is 9.57. The highest BCUT2D eigenvalue weighted by atomic mass is 32.1. The van der Waals surface area contributed by atoms with E-state index < -0.39 is 11.9 Å². The number of aliphatic carboxylic acids is 2. The Labute approximate surface area is 148 Å². The molecule has 3 rings (SSSR count). The van der Waals surface area contributed by atoms with Crippen LogP contribution in [0.1, 0.15) is 16.9 Å². The number of thiophene rings is 1. The number of nitrogens with one attached hydrogen (secondary N) is 1.